The van der Waals surface area contributed by atoms with Gasteiger partial charge in [0.15, 0.2) is 5.11 Å². The molecule has 0 unspecified atom stereocenters. The average Bonchev–Trinajstić information content (AvgIpc) is 2.88. The summed E-state index contributed by atoms with van der Waals surface area (Å²) in [5.74, 6) is 1.32. The van der Waals surface area contributed by atoms with Gasteiger partial charge in [-0.05, 0) is 74.0 Å². The molecule has 2 atom stereocenters. The number of nitrogens with one attached hydrogen (secondary N) is 2. The quantitative estimate of drug-likeness (QED) is 0.510. The highest BCUT2D eigenvalue weighted by Gasteiger charge is 2.56. The number of benzene rings is 2. The Bertz CT molecular complexity index is 903. The number of nitrogens with zero attached hydrogens (tertiary/aromatic N) is 2. The molecule has 2 aromatic rings. The Morgan fingerprint density at radius 3 is 2.00 bits per heavy atom. The van der Waals surface area contributed by atoms with E-state index in [-0.39, 0.29) is 5.54 Å². The van der Waals surface area contributed by atoms with E-state index in [0.29, 0.717) is 22.9 Å². The number of hydrogen-bond acceptors (Lipinski definition) is 3. The van der Waals surface area contributed by atoms with E-state index in [1.165, 1.54) is 62.0 Å². The van der Waals surface area contributed by atoms with E-state index in [4.69, 9.17) is 17.3 Å². The first kappa shape index (κ1) is 21.6. The number of thiocarbonyl (C=S) groups is 1. The molecule has 4 nitrogen and oxygen atoms in total. The van der Waals surface area contributed by atoms with Gasteiger partial charge >= 0.3 is 0 Å². The van der Waals surface area contributed by atoms with Crippen molar-refractivity contribution in [3.63, 3.8) is 0 Å². The first-order valence-corrected chi connectivity index (χ1v) is 12.5. The van der Waals surface area contributed by atoms with E-state index in [1.54, 1.807) is 0 Å². The maximum atomic E-state index is 5.37. The van der Waals surface area contributed by atoms with E-state index in [2.05, 4.69) is 76.3 Å². The zero-order chi connectivity index (χ0) is 22.0. The lowest BCUT2D eigenvalue weighted by atomic mass is 9.52. The molecule has 2 aromatic carbocycles. The minimum Gasteiger partial charge on any atom is -0.364 e. The minimum absolute atomic E-state index is 0.165. The number of likely N-dealkylation sites (tertiary alicyclic amines) is 1. The molecule has 3 aliphatic carbocycles. The van der Waals surface area contributed by atoms with Crippen LogP contribution in [0.2, 0.25) is 0 Å². The van der Waals surface area contributed by atoms with Gasteiger partial charge in [0.05, 0.1) is 0 Å². The molecule has 3 saturated carbocycles. The Morgan fingerprint density at radius 2 is 1.47 bits per heavy atom. The lowest BCUT2D eigenvalue weighted by Crippen LogP contribution is -2.62. The maximum absolute atomic E-state index is 5.37. The molecular weight excluding hydrogens is 412 g/mol. The van der Waals surface area contributed by atoms with Gasteiger partial charge in [-0.15, -0.1) is 0 Å². The standard InChI is InChI=1S/C27H34N4S/c1-28-26(32)30-29-24-19-27(31-15-9-4-10-16-31)17-22(20-11-5-2-6-12-20)25(24)23(18-27)21-13-7-3-8-14-21/h2-3,5-8,11-14,22-23,25H,4,9-10,15-19H2,1H3,(H2,28,30,32)/b29-24+/t22-,23-,25?,27?/m0/s1. The van der Waals surface area contributed by atoms with Crippen molar-refractivity contribution in [2.75, 3.05) is 20.1 Å². The normalized spacial score (nSPS) is 31.4. The summed E-state index contributed by atoms with van der Waals surface area (Å²) < 4.78 is 0. The van der Waals surface area contributed by atoms with Gasteiger partial charge < -0.3 is 5.32 Å². The van der Waals surface area contributed by atoms with Gasteiger partial charge in [0.1, 0.15) is 0 Å². The van der Waals surface area contributed by atoms with E-state index < -0.39 is 0 Å². The van der Waals surface area contributed by atoms with Gasteiger partial charge in [-0.2, -0.15) is 5.10 Å². The van der Waals surface area contributed by atoms with Crippen LogP contribution in [0.15, 0.2) is 65.8 Å². The van der Waals surface area contributed by atoms with E-state index >= 15 is 0 Å². The summed E-state index contributed by atoms with van der Waals surface area (Å²) in [5.41, 5.74) is 7.49. The second kappa shape index (κ2) is 9.32. The van der Waals surface area contributed by atoms with Gasteiger partial charge in [0, 0.05) is 30.6 Å². The first-order valence-electron chi connectivity index (χ1n) is 12.1. The number of rotatable bonds is 4. The van der Waals surface area contributed by atoms with Crippen molar-refractivity contribution in [1.82, 2.24) is 15.6 Å². The van der Waals surface area contributed by atoms with Crippen LogP contribution in [-0.4, -0.2) is 41.4 Å². The highest BCUT2D eigenvalue weighted by atomic mass is 32.1. The fraction of sp³-hybridized carbons (Fsp3) is 0.481. The Labute approximate surface area is 197 Å². The number of hydrogen-bond donors (Lipinski definition) is 2. The maximum Gasteiger partial charge on any atom is 0.186 e. The lowest BCUT2D eigenvalue weighted by molar-refractivity contribution is -0.000650. The van der Waals surface area contributed by atoms with Crippen LogP contribution in [0.1, 0.15) is 61.5 Å². The first-order chi connectivity index (χ1) is 15.7. The van der Waals surface area contributed by atoms with Gasteiger partial charge in [0.2, 0.25) is 0 Å². The summed E-state index contributed by atoms with van der Waals surface area (Å²) in [6.07, 6.45) is 7.47. The molecular formula is C27H34N4S. The molecule has 0 aromatic heterocycles. The Morgan fingerprint density at radius 1 is 0.906 bits per heavy atom. The van der Waals surface area contributed by atoms with Crippen molar-refractivity contribution in [2.24, 2.45) is 11.0 Å². The van der Waals surface area contributed by atoms with Crippen LogP contribution in [-0.2, 0) is 0 Å². The zero-order valence-corrected chi connectivity index (χ0v) is 19.8. The highest BCUT2D eigenvalue weighted by Crippen LogP contribution is 2.59. The molecule has 0 amide bonds. The smallest absolute Gasteiger partial charge is 0.186 e. The Kier molecular flexibility index (Phi) is 6.29. The van der Waals surface area contributed by atoms with Crippen molar-refractivity contribution in [2.45, 2.75) is 55.9 Å². The fourth-order valence-electron chi connectivity index (χ4n) is 6.58. The fourth-order valence-corrected chi connectivity index (χ4v) is 6.63. The SMILES string of the molecule is CNC(=S)N/N=C1\CC2(N3CCCCC3)C[C@@H](c3ccccc3)C1[C@H](c1ccccc1)C2. The van der Waals surface area contributed by atoms with E-state index in [9.17, 15) is 0 Å². The average molecular weight is 447 g/mol. The molecule has 4 fully saturated rings. The monoisotopic (exact) mass is 446 g/mol. The molecule has 2 N–H and O–H groups in total. The summed E-state index contributed by atoms with van der Waals surface area (Å²) >= 11 is 5.37. The third-order valence-electron chi connectivity index (χ3n) is 7.97. The Hall–Kier alpha value is -2.24. The molecule has 2 bridgehead atoms. The van der Waals surface area contributed by atoms with Gasteiger partial charge in [0.25, 0.3) is 0 Å². The van der Waals surface area contributed by atoms with Crippen LogP contribution in [0.25, 0.3) is 0 Å². The third kappa shape index (κ3) is 4.08. The third-order valence-corrected chi connectivity index (χ3v) is 8.27. The predicted molar refractivity (Wildman–Crippen MR) is 136 cm³/mol. The molecule has 32 heavy (non-hydrogen) atoms. The number of fused-ring (bicyclic) bond motifs is 3. The molecule has 5 heteroatoms. The molecule has 1 saturated heterocycles. The zero-order valence-electron chi connectivity index (χ0n) is 19.0. The molecule has 1 aliphatic heterocycles. The second-order valence-electron chi connectivity index (χ2n) is 9.71. The lowest BCUT2D eigenvalue weighted by Gasteiger charge is -2.60. The summed E-state index contributed by atoms with van der Waals surface area (Å²) in [6.45, 7) is 2.42. The highest BCUT2D eigenvalue weighted by molar-refractivity contribution is 7.80. The number of piperidine rings is 1. The van der Waals surface area contributed by atoms with Crippen LogP contribution in [0.3, 0.4) is 0 Å². The van der Waals surface area contributed by atoms with Gasteiger partial charge in [-0.1, -0.05) is 67.1 Å². The molecule has 6 rings (SSSR count). The molecule has 1 heterocycles. The van der Waals surface area contributed by atoms with Crippen LogP contribution in [0.5, 0.6) is 0 Å². The summed E-state index contributed by atoms with van der Waals surface area (Å²) in [6, 6.07) is 22.3. The van der Waals surface area contributed by atoms with E-state index in [0.717, 1.165) is 6.42 Å². The summed E-state index contributed by atoms with van der Waals surface area (Å²) in [4.78, 5) is 2.82. The van der Waals surface area contributed by atoms with Crippen LogP contribution < -0.4 is 10.7 Å². The van der Waals surface area contributed by atoms with Crippen molar-refractivity contribution in [1.29, 1.82) is 0 Å². The molecule has 168 valence electrons. The molecule has 4 aliphatic rings. The van der Waals surface area contributed by atoms with Crippen LogP contribution in [0, 0.1) is 5.92 Å². The topological polar surface area (TPSA) is 39.7 Å². The summed E-state index contributed by atoms with van der Waals surface area (Å²) in [5, 5.41) is 8.56. The number of hydrazone groups is 1. The largest absolute Gasteiger partial charge is 0.364 e. The van der Waals surface area contributed by atoms with Crippen molar-refractivity contribution < 1.29 is 0 Å². The van der Waals surface area contributed by atoms with Crippen molar-refractivity contribution in [3.8, 4) is 0 Å². The summed E-state index contributed by atoms with van der Waals surface area (Å²) in [7, 11) is 1.84. The predicted octanol–water partition coefficient (Wildman–Crippen LogP) is 5.04. The van der Waals surface area contributed by atoms with Crippen molar-refractivity contribution in [3.05, 3.63) is 71.8 Å². The van der Waals surface area contributed by atoms with Crippen LogP contribution >= 0.6 is 12.2 Å². The van der Waals surface area contributed by atoms with Gasteiger partial charge in [-0.3, -0.25) is 10.3 Å². The van der Waals surface area contributed by atoms with Crippen molar-refractivity contribution >= 4 is 23.0 Å². The minimum atomic E-state index is 0.165. The van der Waals surface area contributed by atoms with Crippen LogP contribution in [0.4, 0.5) is 0 Å². The molecule has 0 radical (unpaired) electrons. The second-order valence-corrected chi connectivity index (χ2v) is 10.1. The van der Waals surface area contributed by atoms with E-state index in [1.807, 2.05) is 7.05 Å². The Balaban J connectivity index is 1.61. The van der Waals surface area contributed by atoms with Gasteiger partial charge in [-0.25, -0.2) is 0 Å². The molecule has 0 spiro atoms.